The highest BCUT2D eigenvalue weighted by atomic mass is 16.4. The van der Waals surface area contributed by atoms with Crippen molar-refractivity contribution in [2.24, 2.45) is 0 Å². The molecule has 0 atom stereocenters. The van der Waals surface area contributed by atoms with Crippen LogP contribution >= 0.6 is 0 Å². The van der Waals surface area contributed by atoms with Crippen LogP contribution in [-0.4, -0.2) is 52.1 Å². The highest BCUT2D eigenvalue weighted by molar-refractivity contribution is 5.76. The Balaban J connectivity index is 4.80. The molecule has 104 valence electrons. The molecule has 0 aliphatic heterocycles. The maximum Gasteiger partial charge on any atom is 0.320 e. The van der Waals surface area contributed by atoms with Crippen molar-refractivity contribution in [2.75, 3.05) is 13.1 Å². The summed E-state index contributed by atoms with van der Waals surface area (Å²) in [5, 5.41) is 8.71. The third-order valence-corrected chi connectivity index (χ3v) is 2.63. The van der Waals surface area contributed by atoms with Crippen LogP contribution in [0.3, 0.4) is 0 Å². The second-order valence-electron chi connectivity index (χ2n) is 4.75. The number of aliphatic carboxylic acids is 1. The standard InChI is InChI=1S/C13H24N2O3/c1-6-8-14(10(2)3)13(18)15(11(4)5)9-7-12(16)17/h6,10-11H,1,7-9H2,2-5H3,(H,16,17). The van der Waals surface area contributed by atoms with Crippen molar-refractivity contribution in [2.45, 2.75) is 46.2 Å². The third-order valence-electron chi connectivity index (χ3n) is 2.63. The van der Waals surface area contributed by atoms with E-state index in [-0.39, 0.29) is 31.1 Å². The molecule has 0 aromatic carbocycles. The number of hydrogen-bond donors (Lipinski definition) is 1. The summed E-state index contributed by atoms with van der Waals surface area (Å²) in [5.74, 6) is -0.895. The lowest BCUT2D eigenvalue weighted by Crippen LogP contribution is -2.49. The fourth-order valence-electron chi connectivity index (χ4n) is 1.60. The number of rotatable bonds is 7. The smallest absolute Gasteiger partial charge is 0.320 e. The van der Waals surface area contributed by atoms with Crippen molar-refractivity contribution in [1.82, 2.24) is 9.80 Å². The molecule has 0 radical (unpaired) electrons. The summed E-state index contributed by atoms with van der Waals surface area (Å²) in [7, 11) is 0. The summed E-state index contributed by atoms with van der Waals surface area (Å²) < 4.78 is 0. The summed E-state index contributed by atoms with van der Waals surface area (Å²) in [6.45, 7) is 11.9. The van der Waals surface area contributed by atoms with Crippen LogP contribution in [0.4, 0.5) is 4.79 Å². The van der Waals surface area contributed by atoms with Crippen LogP contribution in [0.25, 0.3) is 0 Å². The van der Waals surface area contributed by atoms with Gasteiger partial charge in [0.1, 0.15) is 0 Å². The average molecular weight is 256 g/mol. The molecular formula is C13H24N2O3. The molecule has 5 nitrogen and oxygen atoms in total. The maximum atomic E-state index is 12.3. The first-order chi connectivity index (χ1) is 8.31. The van der Waals surface area contributed by atoms with Crippen LogP contribution in [0.2, 0.25) is 0 Å². The summed E-state index contributed by atoms with van der Waals surface area (Å²) in [6.07, 6.45) is 1.64. The molecule has 0 spiro atoms. The lowest BCUT2D eigenvalue weighted by molar-refractivity contribution is -0.137. The monoisotopic (exact) mass is 256 g/mol. The lowest BCUT2D eigenvalue weighted by atomic mass is 10.2. The van der Waals surface area contributed by atoms with Gasteiger partial charge in [-0.15, -0.1) is 6.58 Å². The second kappa shape index (κ2) is 7.74. The summed E-state index contributed by atoms with van der Waals surface area (Å²) in [4.78, 5) is 26.2. The van der Waals surface area contributed by atoms with Crippen molar-refractivity contribution < 1.29 is 14.7 Å². The molecule has 0 aromatic heterocycles. The SMILES string of the molecule is C=CCN(C(=O)N(CCC(=O)O)C(C)C)C(C)C. The molecule has 0 fully saturated rings. The van der Waals surface area contributed by atoms with Gasteiger partial charge in [-0.2, -0.15) is 0 Å². The van der Waals surface area contributed by atoms with Gasteiger partial charge in [-0.1, -0.05) is 6.08 Å². The minimum Gasteiger partial charge on any atom is -0.481 e. The van der Waals surface area contributed by atoms with E-state index in [1.807, 2.05) is 27.7 Å². The first-order valence-electron chi connectivity index (χ1n) is 6.21. The van der Waals surface area contributed by atoms with Gasteiger partial charge in [0.25, 0.3) is 0 Å². The topological polar surface area (TPSA) is 60.9 Å². The van der Waals surface area contributed by atoms with Crippen LogP contribution < -0.4 is 0 Å². The van der Waals surface area contributed by atoms with Crippen LogP contribution in [0.5, 0.6) is 0 Å². The van der Waals surface area contributed by atoms with Crippen LogP contribution in [-0.2, 0) is 4.79 Å². The first kappa shape index (κ1) is 16.5. The fraction of sp³-hybridized carbons (Fsp3) is 0.692. The molecule has 1 N–H and O–H groups in total. The largest absolute Gasteiger partial charge is 0.481 e. The Labute approximate surface area is 109 Å². The van der Waals surface area contributed by atoms with Gasteiger partial charge in [0.05, 0.1) is 6.42 Å². The van der Waals surface area contributed by atoms with Gasteiger partial charge in [-0.25, -0.2) is 4.79 Å². The summed E-state index contributed by atoms with van der Waals surface area (Å²) in [5.41, 5.74) is 0. The number of nitrogens with zero attached hydrogens (tertiary/aromatic N) is 2. The number of urea groups is 1. The van der Waals surface area contributed by atoms with Crippen LogP contribution in [0.15, 0.2) is 12.7 Å². The van der Waals surface area contributed by atoms with E-state index in [1.165, 1.54) is 0 Å². The van der Waals surface area contributed by atoms with Gasteiger partial charge in [0, 0.05) is 25.2 Å². The van der Waals surface area contributed by atoms with E-state index in [2.05, 4.69) is 6.58 Å². The molecule has 0 unspecified atom stereocenters. The minimum atomic E-state index is -0.895. The van der Waals surface area contributed by atoms with E-state index in [0.717, 1.165) is 0 Å². The Morgan fingerprint density at radius 3 is 2.00 bits per heavy atom. The Bertz CT molecular complexity index is 301. The highest BCUT2D eigenvalue weighted by Crippen LogP contribution is 2.09. The van der Waals surface area contributed by atoms with Gasteiger partial charge < -0.3 is 14.9 Å². The molecule has 0 aliphatic carbocycles. The lowest BCUT2D eigenvalue weighted by Gasteiger charge is -2.34. The fourth-order valence-corrected chi connectivity index (χ4v) is 1.60. The van der Waals surface area contributed by atoms with E-state index in [0.29, 0.717) is 6.54 Å². The Morgan fingerprint density at radius 1 is 1.17 bits per heavy atom. The van der Waals surface area contributed by atoms with E-state index in [9.17, 15) is 9.59 Å². The number of carboxylic acid groups (broad SMARTS) is 1. The molecule has 0 aromatic rings. The van der Waals surface area contributed by atoms with E-state index >= 15 is 0 Å². The van der Waals surface area contributed by atoms with Gasteiger partial charge in [-0.05, 0) is 27.7 Å². The average Bonchev–Trinajstić information content (AvgIpc) is 2.24. The van der Waals surface area contributed by atoms with Gasteiger partial charge in [-0.3, -0.25) is 4.79 Å². The first-order valence-corrected chi connectivity index (χ1v) is 6.21. The number of carbonyl (C=O) groups excluding carboxylic acids is 1. The van der Waals surface area contributed by atoms with Crippen molar-refractivity contribution in [3.63, 3.8) is 0 Å². The summed E-state index contributed by atoms with van der Waals surface area (Å²) in [6, 6.07) is -0.106. The molecule has 0 rings (SSSR count). The molecule has 0 aliphatic rings. The minimum absolute atomic E-state index is 0.0251. The summed E-state index contributed by atoms with van der Waals surface area (Å²) >= 11 is 0. The van der Waals surface area contributed by atoms with Gasteiger partial charge >= 0.3 is 12.0 Å². The van der Waals surface area contributed by atoms with Crippen LogP contribution in [0, 0.1) is 0 Å². The number of carboxylic acids is 1. The van der Waals surface area contributed by atoms with Crippen LogP contribution in [0.1, 0.15) is 34.1 Å². The predicted molar refractivity (Wildman–Crippen MR) is 71.5 cm³/mol. The predicted octanol–water partition coefficient (Wildman–Crippen LogP) is 2.19. The third kappa shape index (κ3) is 5.21. The van der Waals surface area contributed by atoms with E-state index < -0.39 is 5.97 Å². The van der Waals surface area contributed by atoms with Gasteiger partial charge in [0.15, 0.2) is 0 Å². The molecule has 18 heavy (non-hydrogen) atoms. The number of hydrogen-bond acceptors (Lipinski definition) is 2. The Morgan fingerprint density at radius 2 is 1.67 bits per heavy atom. The molecule has 0 bridgehead atoms. The molecule has 0 heterocycles. The Kier molecular flexibility index (Phi) is 7.08. The van der Waals surface area contributed by atoms with E-state index in [1.54, 1.807) is 15.9 Å². The normalized spacial score (nSPS) is 10.6. The van der Waals surface area contributed by atoms with E-state index in [4.69, 9.17) is 5.11 Å². The number of carbonyl (C=O) groups is 2. The Hall–Kier alpha value is -1.52. The van der Waals surface area contributed by atoms with Crippen molar-refractivity contribution >= 4 is 12.0 Å². The van der Waals surface area contributed by atoms with Crippen molar-refractivity contribution in [3.8, 4) is 0 Å². The molecule has 5 heteroatoms. The quantitative estimate of drug-likeness (QED) is 0.710. The maximum absolute atomic E-state index is 12.3. The molecule has 2 amide bonds. The van der Waals surface area contributed by atoms with Crippen molar-refractivity contribution in [3.05, 3.63) is 12.7 Å². The molecular weight excluding hydrogens is 232 g/mol. The van der Waals surface area contributed by atoms with Gasteiger partial charge in [0.2, 0.25) is 0 Å². The molecule has 0 saturated carbocycles. The zero-order valence-electron chi connectivity index (χ0n) is 11.7. The van der Waals surface area contributed by atoms with Crippen molar-refractivity contribution in [1.29, 1.82) is 0 Å². The molecule has 0 saturated heterocycles. The zero-order valence-corrected chi connectivity index (χ0v) is 11.7. The second-order valence-corrected chi connectivity index (χ2v) is 4.75. The zero-order chi connectivity index (χ0) is 14.3. The number of amides is 2. The highest BCUT2D eigenvalue weighted by Gasteiger charge is 2.24.